The lowest BCUT2D eigenvalue weighted by Crippen LogP contribution is -2.38. The molecule has 0 spiro atoms. The smallest absolute Gasteiger partial charge is 0.254 e. The lowest BCUT2D eigenvalue weighted by molar-refractivity contribution is 0.0707. The van der Waals surface area contributed by atoms with Crippen molar-refractivity contribution in [2.75, 3.05) is 12.3 Å². The average molecular weight is 270 g/mol. The maximum absolute atomic E-state index is 12.6. The second kappa shape index (κ2) is 4.67. The second-order valence-corrected chi connectivity index (χ2v) is 5.29. The minimum absolute atomic E-state index is 0.0310. The van der Waals surface area contributed by atoms with Crippen molar-refractivity contribution < 1.29 is 4.79 Å². The molecule has 5 heteroatoms. The number of fused-ring (bicyclic) bond motifs is 1. The van der Waals surface area contributed by atoms with Crippen LogP contribution in [-0.4, -0.2) is 26.9 Å². The highest BCUT2D eigenvalue weighted by atomic mass is 16.2. The maximum Gasteiger partial charge on any atom is 0.254 e. The number of rotatable bonds is 1. The average Bonchev–Trinajstić information content (AvgIpc) is 2.89. The molecule has 104 valence electrons. The summed E-state index contributed by atoms with van der Waals surface area (Å²) in [6.07, 6.45) is 3.73. The van der Waals surface area contributed by atoms with Gasteiger partial charge in [0.15, 0.2) is 0 Å². The highest BCUT2D eigenvalue weighted by Crippen LogP contribution is 2.21. The summed E-state index contributed by atoms with van der Waals surface area (Å²) in [4.78, 5) is 18.8. The molecule has 0 saturated carbocycles. The molecule has 1 aromatic heterocycles. The third kappa shape index (κ3) is 2.05. The van der Waals surface area contributed by atoms with Crippen LogP contribution in [-0.2, 0) is 13.1 Å². The summed E-state index contributed by atoms with van der Waals surface area (Å²) >= 11 is 0. The predicted octanol–water partition coefficient (Wildman–Crippen LogP) is 1.74. The first kappa shape index (κ1) is 12.7. The Morgan fingerprint density at radius 3 is 2.85 bits per heavy atom. The number of aromatic nitrogens is 2. The van der Waals surface area contributed by atoms with E-state index in [1.807, 2.05) is 31.0 Å². The summed E-state index contributed by atoms with van der Waals surface area (Å²) in [5.41, 5.74) is 9.26. The fourth-order valence-electron chi connectivity index (χ4n) is 2.62. The van der Waals surface area contributed by atoms with E-state index in [1.54, 1.807) is 12.3 Å². The lowest BCUT2D eigenvalue weighted by Gasteiger charge is -2.28. The molecular weight excluding hydrogens is 252 g/mol. The first-order valence-electron chi connectivity index (χ1n) is 6.72. The summed E-state index contributed by atoms with van der Waals surface area (Å²) in [7, 11) is 0. The van der Waals surface area contributed by atoms with Gasteiger partial charge in [0.05, 0.1) is 6.54 Å². The number of carbonyl (C=O) groups excluding carboxylic acids is 1. The zero-order valence-corrected chi connectivity index (χ0v) is 11.8. The van der Waals surface area contributed by atoms with Crippen molar-refractivity contribution in [1.29, 1.82) is 0 Å². The zero-order valence-electron chi connectivity index (χ0n) is 11.8. The Hall–Kier alpha value is -2.30. The fraction of sp³-hybridized carbons (Fsp3) is 0.333. The third-order valence-corrected chi connectivity index (χ3v) is 3.88. The molecule has 0 unspecified atom stereocenters. The van der Waals surface area contributed by atoms with E-state index in [1.165, 1.54) is 0 Å². The molecule has 0 fully saturated rings. The highest BCUT2D eigenvalue weighted by molar-refractivity contribution is 5.96. The number of nitrogen functional groups attached to an aromatic ring is 1. The van der Waals surface area contributed by atoms with Gasteiger partial charge < -0.3 is 15.2 Å². The van der Waals surface area contributed by atoms with E-state index in [0.29, 0.717) is 24.3 Å². The van der Waals surface area contributed by atoms with E-state index in [2.05, 4.69) is 9.55 Å². The van der Waals surface area contributed by atoms with Crippen LogP contribution in [0.4, 0.5) is 5.69 Å². The standard InChI is InChI=1S/C15H18N4O/c1-10-7-11(2)13(16)8-12(10)15(20)19-6-5-18-4-3-17-14(18)9-19/h3-4,7-8H,5-6,9,16H2,1-2H3. The minimum atomic E-state index is 0.0310. The van der Waals surface area contributed by atoms with Crippen LogP contribution in [0, 0.1) is 13.8 Å². The van der Waals surface area contributed by atoms with E-state index in [-0.39, 0.29) is 5.91 Å². The zero-order chi connectivity index (χ0) is 14.3. The molecule has 0 atom stereocenters. The Balaban J connectivity index is 1.89. The number of carbonyl (C=O) groups is 1. The van der Waals surface area contributed by atoms with Crippen LogP contribution >= 0.6 is 0 Å². The minimum Gasteiger partial charge on any atom is -0.398 e. The van der Waals surface area contributed by atoms with Crippen LogP contribution in [0.5, 0.6) is 0 Å². The van der Waals surface area contributed by atoms with Crippen molar-refractivity contribution in [3.8, 4) is 0 Å². The Bertz CT molecular complexity index is 675. The van der Waals surface area contributed by atoms with E-state index < -0.39 is 0 Å². The lowest BCUT2D eigenvalue weighted by atomic mass is 10.0. The summed E-state index contributed by atoms with van der Waals surface area (Å²) < 4.78 is 2.08. The molecular formula is C15H18N4O. The number of imidazole rings is 1. The molecule has 1 aliphatic heterocycles. The molecule has 0 aliphatic carbocycles. The van der Waals surface area contributed by atoms with Crippen molar-refractivity contribution in [3.63, 3.8) is 0 Å². The molecule has 0 radical (unpaired) electrons. The van der Waals surface area contributed by atoms with Crippen molar-refractivity contribution in [2.24, 2.45) is 0 Å². The Labute approximate surface area is 118 Å². The van der Waals surface area contributed by atoms with Gasteiger partial charge in [-0.1, -0.05) is 6.07 Å². The normalized spacial score (nSPS) is 14.2. The summed E-state index contributed by atoms with van der Waals surface area (Å²) in [6, 6.07) is 3.75. The van der Waals surface area contributed by atoms with Gasteiger partial charge in [0, 0.05) is 36.7 Å². The van der Waals surface area contributed by atoms with E-state index in [9.17, 15) is 4.79 Å². The van der Waals surface area contributed by atoms with Gasteiger partial charge in [-0.2, -0.15) is 0 Å². The first-order valence-corrected chi connectivity index (χ1v) is 6.72. The van der Waals surface area contributed by atoms with Gasteiger partial charge in [-0.15, -0.1) is 0 Å². The number of anilines is 1. The molecule has 0 bridgehead atoms. The van der Waals surface area contributed by atoms with Crippen molar-refractivity contribution in [1.82, 2.24) is 14.5 Å². The quantitative estimate of drug-likeness (QED) is 0.803. The number of nitrogens with two attached hydrogens (primary N) is 1. The SMILES string of the molecule is Cc1cc(C)c(C(=O)N2CCn3ccnc3C2)cc1N. The van der Waals surface area contributed by atoms with E-state index in [0.717, 1.165) is 23.5 Å². The van der Waals surface area contributed by atoms with Gasteiger partial charge in [-0.3, -0.25) is 4.79 Å². The highest BCUT2D eigenvalue weighted by Gasteiger charge is 2.23. The van der Waals surface area contributed by atoms with Crippen LogP contribution in [0.2, 0.25) is 0 Å². The largest absolute Gasteiger partial charge is 0.398 e. The van der Waals surface area contributed by atoms with Crippen molar-refractivity contribution in [3.05, 3.63) is 47.0 Å². The van der Waals surface area contributed by atoms with Gasteiger partial charge in [-0.25, -0.2) is 4.98 Å². The van der Waals surface area contributed by atoms with Gasteiger partial charge >= 0.3 is 0 Å². The molecule has 2 aromatic rings. The number of amides is 1. The number of nitrogens with zero attached hydrogens (tertiary/aromatic N) is 3. The Morgan fingerprint density at radius 2 is 2.05 bits per heavy atom. The second-order valence-electron chi connectivity index (χ2n) is 5.29. The molecule has 1 aliphatic rings. The van der Waals surface area contributed by atoms with Gasteiger partial charge in [0.2, 0.25) is 0 Å². The number of benzene rings is 1. The predicted molar refractivity (Wildman–Crippen MR) is 77.3 cm³/mol. The molecule has 20 heavy (non-hydrogen) atoms. The third-order valence-electron chi connectivity index (χ3n) is 3.88. The Kier molecular flexibility index (Phi) is 2.97. The van der Waals surface area contributed by atoms with Crippen LogP contribution in [0.25, 0.3) is 0 Å². The Morgan fingerprint density at radius 1 is 1.25 bits per heavy atom. The van der Waals surface area contributed by atoms with E-state index >= 15 is 0 Å². The summed E-state index contributed by atoms with van der Waals surface area (Å²) in [5.74, 6) is 0.964. The van der Waals surface area contributed by atoms with E-state index in [4.69, 9.17) is 5.73 Å². The number of hydrogen-bond donors (Lipinski definition) is 1. The molecule has 0 saturated heterocycles. The summed E-state index contributed by atoms with van der Waals surface area (Å²) in [5, 5.41) is 0. The summed E-state index contributed by atoms with van der Waals surface area (Å²) in [6.45, 7) is 5.95. The fourth-order valence-corrected chi connectivity index (χ4v) is 2.62. The number of aryl methyl sites for hydroxylation is 2. The molecule has 1 amide bonds. The van der Waals surface area contributed by atoms with Crippen molar-refractivity contribution >= 4 is 11.6 Å². The molecule has 5 nitrogen and oxygen atoms in total. The number of hydrogen-bond acceptors (Lipinski definition) is 3. The monoisotopic (exact) mass is 270 g/mol. The van der Waals surface area contributed by atoms with Gasteiger partial charge in [0.1, 0.15) is 5.82 Å². The first-order chi connectivity index (χ1) is 9.56. The molecule has 2 N–H and O–H groups in total. The topological polar surface area (TPSA) is 64.2 Å². The van der Waals surface area contributed by atoms with Gasteiger partial charge in [-0.05, 0) is 31.0 Å². The van der Waals surface area contributed by atoms with Crippen molar-refractivity contribution in [2.45, 2.75) is 26.9 Å². The van der Waals surface area contributed by atoms with Crippen LogP contribution < -0.4 is 5.73 Å². The molecule has 2 heterocycles. The molecule has 1 aromatic carbocycles. The van der Waals surface area contributed by atoms with Crippen LogP contribution in [0.1, 0.15) is 27.3 Å². The van der Waals surface area contributed by atoms with Crippen LogP contribution in [0.15, 0.2) is 24.5 Å². The maximum atomic E-state index is 12.6. The molecule has 3 rings (SSSR count). The van der Waals surface area contributed by atoms with Gasteiger partial charge in [0.25, 0.3) is 5.91 Å². The van der Waals surface area contributed by atoms with Crippen LogP contribution in [0.3, 0.4) is 0 Å².